The molecule has 2 rings (SSSR count). The normalized spacial score (nSPS) is 10.5. The molecule has 0 radical (unpaired) electrons. The van der Waals surface area contributed by atoms with Crippen LogP contribution in [0.15, 0.2) is 36.5 Å². The van der Waals surface area contributed by atoms with Gasteiger partial charge in [0.2, 0.25) is 0 Å². The lowest BCUT2D eigenvalue weighted by Gasteiger charge is -2.06. The van der Waals surface area contributed by atoms with Crippen molar-refractivity contribution in [2.24, 2.45) is 0 Å². The van der Waals surface area contributed by atoms with Crippen molar-refractivity contribution in [1.82, 2.24) is 9.78 Å². The molecule has 1 heterocycles. The van der Waals surface area contributed by atoms with Crippen LogP contribution < -0.4 is 0 Å². The molecule has 20 heavy (non-hydrogen) atoms. The van der Waals surface area contributed by atoms with Crippen LogP contribution in [0.25, 0.3) is 5.69 Å². The van der Waals surface area contributed by atoms with Crippen molar-refractivity contribution in [3.8, 4) is 5.69 Å². The van der Waals surface area contributed by atoms with Crippen molar-refractivity contribution in [1.29, 1.82) is 0 Å². The fourth-order valence-corrected chi connectivity index (χ4v) is 1.85. The van der Waals surface area contributed by atoms with Crippen LogP contribution in [0.4, 0.5) is 0 Å². The molecule has 0 unspecified atom stereocenters. The molecule has 0 aliphatic carbocycles. The summed E-state index contributed by atoms with van der Waals surface area (Å²) in [5.74, 6) is -0.371. The number of hydrogen-bond donors (Lipinski definition) is 0. The maximum atomic E-state index is 11.9. The van der Waals surface area contributed by atoms with Crippen LogP contribution in [-0.4, -0.2) is 35.6 Å². The van der Waals surface area contributed by atoms with Gasteiger partial charge in [-0.05, 0) is 26.0 Å². The highest BCUT2D eigenvalue weighted by atomic mass is 16.6. The average Bonchev–Trinajstić information content (AvgIpc) is 2.86. The summed E-state index contributed by atoms with van der Waals surface area (Å²) < 4.78 is 12.0. The third kappa shape index (κ3) is 3.24. The number of nitrogens with zero attached hydrogens (tertiary/aromatic N) is 2. The molecule has 0 saturated carbocycles. The highest BCUT2D eigenvalue weighted by molar-refractivity contribution is 5.90. The second-order valence-electron chi connectivity index (χ2n) is 4.22. The first-order valence-corrected chi connectivity index (χ1v) is 6.59. The summed E-state index contributed by atoms with van der Waals surface area (Å²) in [5, 5.41) is 4.24. The van der Waals surface area contributed by atoms with Crippen molar-refractivity contribution in [3.05, 3.63) is 47.8 Å². The molecule has 1 aromatic heterocycles. The fourth-order valence-electron chi connectivity index (χ4n) is 1.85. The third-order valence-electron chi connectivity index (χ3n) is 2.90. The molecule has 0 spiro atoms. The molecule has 2 aromatic rings. The summed E-state index contributed by atoms with van der Waals surface area (Å²) in [4.78, 5) is 11.9. The summed E-state index contributed by atoms with van der Waals surface area (Å²) in [6.45, 7) is 5.02. The molecule has 0 aliphatic heterocycles. The second kappa shape index (κ2) is 6.86. The molecule has 0 fully saturated rings. The first-order chi connectivity index (χ1) is 9.74. The van der Waals surface area contributed by atoms with E-state index in [-0.39, 0.29) is 12.6 Å². The number of para-hydroxylation sites is 1. The van der Waals surface area contributed by atoms with Crippen LogP contribution in [0.2, 0.25) is 0 Å². The van der Waals surface area contributed by atoms with Crippen LogP contribution in [0, 0.1) is 6.92 Å². The average molecular weight is 274 g/mol. The van der Waals surface area contributed by atoms with Gasteiger partial charge in [-0.1, -0.05) is 18.2 Å². The van der Waals surface area contributed by atoms with Gasteiger partial charge in [0.15, 0.2) is 0 Å². The maximum absolute atomic E-state index is 11.9. The third-order valence-corrected chi connectivity index (χ3v) is 2.90. The van der Waals surface area contributed by atoms with Gasteiger partial charge in [-0.2, -0.15) is 5.10 Å². The summed E-state index contributed by atoms with van der Waals surface area (Å²) in [6.07, 6.45) is 1.53. The number of carbonyl (C=O) groups excluding carboxylic acids is 1. The lowest BCUT2D eigenvalue weighted by atomic mass is 10.2. The summed E-state index contributed by atoms with van der Waals surface area (Å²) in [5.41, 5.74) is 2.15. The number of ether oxygens (including phenoxy) is 2. The Labute approximate surface area is 118 Å². The number of esters is 1. The standard InChI is InChI=1S/C15H18N2O3/c1-3-19-9-10-20-15(18)14-11-16-17(12(14)2)13-7-5-4-6-8-13/h4-8,11H,3,9-10H2,1-2H3. The zero-order chi connectivity index (χ0) is 14.4. The van der Waals surface area contributed by atoms with Crippen molar-refractivity contribution in [3.63, 3.8) is 0 Å². The molecular formula is C15H18N2O3. The van der Waals surface area contributed by atoms with Crippen LogP contribution in [0.3, 0.4) is 0 Å². The Morgan fingerprint density at radius 3 is 2.70 bits per heavy atom. The quantitative estimate of drug-likeness (QED) is 0.599. The van der Waals surface area contributed by atoms with Gasteiger partial charge < -0.3 is 9.47 Å². The minimum absolute atomic E-state index is 0.253. The first kappa shape index (κ1) is 14.3. The monoisotopic (exact) mass is 274 g/mol. The summed E-state index contributed by atoms with van der Waals surface area (Å²) in [6, 6.07) is 9.66. The van der Waals surface area contributed by atoms with Gasteiger partial charge in [0, 0.05) is 6.61 Å². The van der Waals surface area contributed by atoms with E-state index in [1.54, 1.807) is 4.68 Å². The van der Waals surface area contributed by atoms with Crippen molar-refractivity contribution >= 4 is 5.97 Å². The lowest BCUT2D eigenvalue weighted by Crippen LogP contribution is -2.11. The lowest BCUT2D eigenvalue weighted by molar-refractivity contribution is 0.0334. The van der Waals surface area contributed by atoms with Gasteiger partial charge in [-0.25, -0.2) is 9.48 Å². The highest BCUT2D eigenvalue weighted by Gasteiger charge is 2.16. The molecule has 0 saturated heterocycles. The molecule has 0 bridgehead atoms. The zero-order valence-corrected chi connectivity index (χ0v) is 11.7. The summed E-state index contributed by atoms with van der Waals surface area (Å²) >= 11 is 0. The Morgan fingerprint density at radius 2 is 2.00 bits per heavy atom. The van der Waals surface area contributed by atoms with E-state index in [1.807, 2.05) is 44.2 Å². The van der Waals surface area contributed by atoms with E-state index in [0.717, 1.165) is 11.4 Å². The van der Waals surface area contributed by atoms with Gasteiger partial charge in [-0.15, -0.1) is 0 Å². The van der Waals surface area contributed by atoms with Crippen LogP contribution in [0.1, 0.15) is 23.0 Å². The Balaban J connectivity index is 2.07. The van der Waals surface area contributed by atoms with Crippen LogP contribution in [-0.2, 0) is 9.47 Å². The molecule has 0 atom stereocenters. The van der Waals surface area contributed by atoms with Gasteiger partial charge in [0.1, 0.15) is 12.2 Å². The smallest absolute Gasteiger partial charge is 0.341 e. The van der Waals surface area contributed by atoms with E-state index in [9.17, 15) is 4.79 Å². The Morgan fingerprint density at radius 1 is 1.25 bits per heavy atom. The predicted molar refractivity (Wildman–Crippen MR) is 75.1 cm³/mol. The number of aromatic nitrogens is 2. The number of hydrogen-bond acceptors (Lipinski definition) is 4. The SMILES string of the molecule is CCOCCOC(=O)c1cnn(-c2ccccc2)c1C. The minimum Gasteiger partial charge on any atom is -0.460 e. The van der Waals surface area contributed by atoms with Crippen LogP contribution in [0.5, 0.6) is 0 Å². The van der Waals surface area contributed by atoms with Gasteiger partial charge in [0.25, 0.3) is 0 Å². The van der Waals surface area contributed by atoms with E-state index in [1.165, 1.54) is 6.20 Å². The van der Waals surface area contributed by atoms with E-state index >= 15 is 0 Å². The summed E-state index contributed by atoms with van der Waals surface area (Å²) in [7, 11) is 0. The van der Waals surface area contributed by atoms with Crippen LogP contribution >= 0.6 is 0 Å². The maximum Gasteiger partial charge on any atom is 0.341 e. The largest absolute Gasteiger partial charge is 0.460 e. The van der Waals surface area contributed by atoms with Gasteiger partial charge >= 0.3 is 5.97 Å². The molecular weight excluding hydrogens is 256 g/mol. The Hall–Kier alpha value is -2.14. The first-order valence-electron chi connectivity index (χ1n) is 6.59. The molecule has 1 aromatic carbocycles. The molecule has 106 valence electrons. The zero-order valence-electron chi connectivity index (χ0n) is 11.7. The van der Waals surface area contributed by atoms with E-state index in [2.05, 4.69) is 5.10 Å². The number of benzene rings is 1. The molecule has 0 amide bonds. The molecule has 0 N–H and O–H groups in total. The minimum atomic E-state index is -0.371. The fraction of sp³-hybridized carbons (Fsp3) is 0.333. The van der Waals surface area contributed by atoms with Gasteiger partial charge in [-0.3, -0.25) is 0 Å². The molecule has 5 nitrogen and oxygen atoms in total. The Kier molecular flexibility index (Phi) is 4.90. The van der Waals surface area contributed by atoms with Crippen molar-refractivity contribution < 1.29 is 14.3 Å². The molecule has 5 heteroatoms. The van der Waals surface area contributed by atoms with Crippen molar-refractivity contribution in [2.45, 2.75) is 13.8 Å². The second-order valence-corrected chi connectivity index (χ2v) is 4.22. The van der Waals surface area contributed by atoms with Gasteiger partial charge in [0.05, 0.1) is 24.2 Å². The van der Waals surface area contributed by atoms with Crippen molar-refractivity contribution in [2.75, 3.05) is 19.8 Å². The molecule has 0 aliphatic rings. The van der Waals surface area contributed by atoms with E-state index in [4.69, 9.17) is 9.47 Å². The Bertz CT molecular complexity index is 564. The predicted octanol–water partition coefficient (Wildman–Crippen LogP) is 2.37. The topological polar surface area (TPSA) is 53.4 Å². The van der Waals surface area contributed by atoms with E-state index < -0.39 is 0 Å². The highest BCUT2D eigenvalue weighted by Crippen LogP contribution is 2.14. The number of carbonyl (C=O) groups is 1. The van der Waals surface area contributed by atoms with E-state index in [0.29, 0.717) is 18.8 Å². The number of rotatable bonds is 6.